The van der Waals surface area contributed by atoms with Gasteiger partial charge in [0.05, 0.1) is 31.1 Å². The molecule has 0 unspecified atom stereocenters. The van der Waals surface area contributed by atoms with Crippen molar-refractivity contribution in [1.29, 1.82) is 0 Å². The second-order valence-electron chi connectivity index (χ2n) is 10.5. The number of hydrogen-bond donors (Lipinski definition) is 3. The van der Waals surface area contributed by atoms with Crippen LogP contribution in [0.1, 0.15) is 47.0 Å². The van der Waals surface area contributed by atoms with Gasteiger partial charge in [-0.05, 0) is 38.2 Å². The van der Waals surface area contributed by atoms with Gasteiger partial charge in [-0.2, -0.15) is 0 Å². The van der Waals surface area contributed by atoms with Gasteiger partial charge >= 0.3 is 6.09 Å². The van der Waals surface area contributed by atoms with E-state index in [4.69, 9.17) is 24.7 Å². The number of rotatable bonds is 4. The molecule has 0 aromatic carbocycles. The number of ether oxygens (including phenoxy) is 4. The lowest BCUT2D eigenvalue weighted by molar-refractivity contribution is -0.120. The molecule has 0 saturated carbocycles. The third-order valence-electron chi connectivity index (χ3n) is 7.23. The first kappa shape index (κ1) is 33.7. The molecular formula is C30H42N2O9. The van der Waals surface area contributed by atoms with Crippen molar-refractivity contribution in [2.75, 3.05) is 21.3 Å². The van der Waals surface area contributed by atoms with E-state index in [1.165, 1.54) is 27.4 Å². The number of nitrogens with two attached hydrogens (primary N) is 1. The van der Waals surface area contributed by atoms with Crippen molar-refractivity contribution in [3.8, 4) is 0 Å². The van der Waals surface area contributed by atoms with Gasteiger partial charge in [-0.3, -0.25) is 14.4 Å². The van der Waals surface area contributed by atoms with Gasteiger partial charge in [0, 0.05) is 43.8 Å². The zero-order chi connectivity index (χ0) is 30.9. The Hall–Kier alpha value is -3.54. The van der Waals surface area contributed by atoms with E-state index in [2.05, 4.69) is 5.32 Å². The summed E-state index contributed by atoms with van der Waals surface area (Å²) < 4.78 is 21.8. The molecule has 226 valence electrons. The van der Waals surface area contributed by atoms with E-state index in [0.29, 0.717) is 12.0 Å². The first-order valence-corrected chi connectivity index (χ1v) is 13.4. The zero-order valence-electron chi connectivity index (χ0n) is 24.8. The van der Waals surface area contributed by atoms with E-state index in [1.54, 1.807) is 32.1 Å². The van der Waals surface area contributed by atoms with Crippen LogP contribution >= 0.6 is 0 Å². The standard InChI is InChI=1S/C30H42N2O9/c1-16-11-21-27(35)22(15-23(33)28(21)40-7)32-29(36)17(2)9-8-10-20(38-5)14-24(41-30(31)37)18(3)13-19(4)26(34)25(12-16)39-6/h8-10,13,15-16,19-20,24-26,34H,11-12,14H2,1-7H3,(H2,31,37)(H,32,36)/b10-8-,17-9+,18-13+/t16-,19+,20+,24-,25+,26-/m1/s1. The van der Waals surface area contributed by atoms with E-state index in [1.807, 2.05) is 13.8 Å². The van der Waals surface area contributed by atoms with Gasteiger partial charge in [0.1, 0.15) is 6.10 Å². The number of aliphatic hydroxyl groups excluding tert-OH is 1. The van der Waals surface area contributed by atoms with Crippen molar-refractivity contribution >= 4 is 23.6 Å². The highest BCUT2D eigenvalue weighted by Gasteiger charge is 2.33. The highest BCUT2D eigenvalue weighted by molar-refractivity contribution is 6.23. The number of primary amides is 1. The van der Waals surface area contributed by atoms with Gasteiger partial charge in [-0.1, -0.05) is 38.2 Å². The quantitative estimate of drug-likeness (QED) is 0.338. The second-order valence-corrected chi connectivity index (χ2v) is 10.5. The summed E-state index contributed by atoms with van der Waals surface area (Å²) in [4.78, 5) is 50.6. The molecule has 11 heteroatoms. The molecule has 2 rings (SSSR count). The van der Waals surface area contributed by atoms with Crippen molar-refractivity contribution < 1.29 is 43.2 Å². The minimum Gasteiger partial charge on any atom is -0.492 e. The Morgan fingerprint density at radius 2 is 1.76 bits per heavy atom. The normalized spacial score (nSPS) is 32.5. The number of methoxy groups -OCH3 is 3. The minimum atomic E-state index is -0.947. The van der Waals surface area contributed by atoms with Crippen LogP contribution in [0.15, 0.2) is 58.6 Å². The molecule has 4 N–H and O–H groups in total. The molecule has 1 heterocycles. The Balaban J connectivity index is 2.56. The van der Waals surface area contributed by atoms with Crippen molar-refractivity contribution in [1.82, 2.24) is 5.32 Å². The third-order valence-corrected chi connectivity index (χ3v) is 7.23. The smallest absolute Gasteiger partial charge is 0.405 e. The lowest BCUT2D eigenvalue weighted by Crippen LogP contribution is -2.36. The van der Waals surface area contributed by atoms with Crippen LogP contribution in [-0.4, -0.2) is 74.4 Å². The summed E-state index contributed by atoms with van der Waals surface area (Å²) in [6, 6.07) is 0. The van der Waals surface area contributed by atoms with Gasteiger partial charge in [-0.15, -0.1) is 0 Å². The molecule has 0 fully saturated rings. The molecule has 1 aliphatic carbocycles. The van der Waals surface area contributed by atoms with Crippen molar-refractivity contribution in [2.24, 2.45) is 17.6 Å². The van der Waals surface area contributed by atoms with E-state index in [9.17, 15) is 24.3 Å². The number of carbonyl (C=O) groups excluding carboxylic acids is 4. The Morgan fingerprint density at radius 3 is 2.34 bits per heavy atom. The zero-order valence-corrected chi connectivity index (χ0v) is 24.8. The molecule has 2 amide bonds. The molecule has 0 aromatic rings. The van der Waals surface area contributed by atoms with Crippen LogP contribution in [0.4, 0.5) is 4.79 Å². The maximum atomic E-state index is 13.4. The third kappa shape index (κ3) is 9.24. The topological polar surface area (TPSA) is 163 Å². The minimum absolute atomic E-state index is 0.0790. The number of aliphatic hydroxyl groups is 1. The average molecular weight is 575 g/mol. The fourth-order valence-electron chi connectivity index (χ4n) is 4.89. The van der Waals surface area contributed by atoms with Gasteiger partial charge in [0.25, 0.3) is 5.91 Å². The molecule has 11 nitrogen and oxygen atoms in total. The van der Waals surface area contributed by atoms with Crippen molar-refractivity contribution in [2.45, 2.75) is 71.4 Å². The van der Waals surface area contributed by atoms with Crippen LogP contribution in [0.2, 0.25) is 0 Å². The number of carbonyl (C=O) groups is 4. The number of nitrogens with one attached hydrogen (secondary N) is 1. The summed E-state index contributed by atoms with van der Waals surface area (Å²) in [5, 5.41) is 13.7. The summed E-state index contributed by atoms with van der Waals surface area (Å²) in [7, 11) is 4.29. The summed E-state index contributed by atoms with van der Waals surface area (Å²) in [6.07, 6.45) is 4.64. The number of amides is 2. The molecular weight excluding hydrogens is 532 g/mol. The molecule has 1 aliphatic heterocycles. The lowest BCUT2D eigenvalue weighted by Gasteiger charge is -2.29. The molecule has 41 heavy (non-hydrogen) atoms. The van der Waals surface area contributed by atoms with Gasteiger partial charge in [-0.25, -0.2) is 4.79 Å². The van der Waals surface area contributed by atoms with Crippen LogP contribution < -0.4 is 11.1 Å². The average Bonchev–Trinajstić information content (AvgIpc) is 2.91. The highest BCUT2D eigenvalue weighted by Crippen LogP contribution is 2.29. The monoisotopic (exact) mass is 574 g/mol. The Morgan fingerprint density at radius 1 is 1.07 bits per heavy atom. The van der Waals surface area contributed by atoms with E-state index in [-0.39, 0.29) is 41.4 Å². The summed E-state index contributed by atoms with van der Waals surface area (Å²) >= 11 is 0. The maximum Gasteiger partial charge on any atom is 0.405 e. The lowest BCUT2D eigenvalue weighted by atomic mass is 9.85. The largest absolute Gasteiger partial charge is 0.492 e. The fraction of sp³-hybridized carbons (Fsp3) is 0.533. The van der Waals surface area contributed by atoms with Gasteiger partial charge < -0.3 is 35.1 Å². The Labute approximate surface area is 241 Å². The molecule has 0 spiro atoms. The maximum absolute atomic E-state index is 13.4. The van der Waals surface area contributed by atoms with Crippen molar-refractivity contribution in [3.63, 3.8) is 0 Å². The van der Waals surface area contributed by atoms with Crippen LogP contribution in [0, 0.1) is 11.8 Å². The van der Waals surface area contributed by atoms with Gasteiger partial charge in [0.2, 0.25) is 11.6 Å². The molecule has 0 saturated heterocycles. The molecule has 2 bridgehead atoms. The molecule has 2 aliphatic rings. The Bertz CT molecular complexity index is 1160. The van der Waals surface area contributed by atoms with E-state index < -0.39 is 53.9 Å². The van der Waals surface area contributed by atoms with Crippen LogP contribution in [0.5, 0.6) is 0 Å². The first-order valence-electron chi connectivity index (χ1n) is 13.4. The second kappa shape index (κ2) is 15.5. The summed E-state index contributed by atoms with van der Waals surface area (Å²) in [6.45, 7) is 7.01. The summed E-state index contributed by atoms with van der Waals surface area (Å²) in [5.41, 5.74) is 6.26. The predicted molar refractivity (Wildman–Crippen MR) is 151 cm³/mol. The molecule has 0 aromatic heterocycles. The number of Topliss-reactive ketones (excluding diaryl/α,β-unsaturated/α-hetero) is 1. The molecule has 6 atom stereocenters. The van der Waals surface area contributed by atoms with Crippen LogP contribution in [-0.2, 0) is 33.3 Å². The van der Waals surface area contributed by atoms with E-state index in [0.717, 1.165) is 6.08 Å². The van der Waals surface area contributed by atoms with Crippen LogP contribution in [0.25, 0.3) is 0 Å². The van der Waals surface area contributed by atoms with E-state index >= 15 is 0 Å². The van der Waals surface area contributed by atoms with Crippen molar-refractivity contribution in [3.05, 3.63) is 58.6 Å². The van der Waals surface area contributed by atoms with Crippen LogP contribution in [0.3, 0.4) is 0 Å². The Kier molecular flexibility index (Phi) is 12.7. The number of allylic oxidation sites excluding steroid dienone is 4. The number of hydrogen-bond acceptors (Lipinski definition) is 9. The number of fused-ring (bicyclic) bond motifs is 2. The first-order chi connectivity index (χ1) is 19.3. The predicted octanol–water partition coefficient (Wildman–Crippen LogP) is 2.80. The fourth-order valence-corrected chi connectivity index (χ4v) is 4.89. The highest BCUT2D eigenvalue weighted by atomic mass is 16.6. The summed E-state index contributed by atoms with van der Waals surface area (Å²) in [5.74, 6) is -2.31. The molecule has 0 radical (unpaired) electrons. The number of ketones is 2. The van der Waals surface area contributed by atoms with Gasteiger partial charge in [0.15, 0.2) is 5.76 Å². The SMILES string of the molecule is COC1=C2C[C@@H](C)C[C@H](OC)[C@H](O)[C@@H](C)/C=C(\C)[C@H](OC(N)=O)C[C@@H](OC)/C=C\C=C(/C)C(=O)NC(=CC1=O)C2=O.